The molecule has 1 fully saturated rings. The monoisotopic (exact) mass is 207 g/mol. The van der Waals surface area contributed by atoms with Crippen LogP contribution < -0.4 is 0 Å². The molecule has 0 radical (unpaired) electrons. The maximum absolute atomic E-state index is 8.97. The first-order chi connectivity index (χ1) is 7.38. The number of aliphatic hydroxyl groups is 1. The van der Waals surface area contributed by atoms with E-state index in [4.69, 9.17) is 9.84 Å². The third-order valence-corrected chi connectivity index (χ3v) is 2.53. The van der Waals surface area contributed by atoms with Crippen molar-refractivity contribution in [3.63, 3.8) is 0 Å². The van der Waals surface area contributed by atoms with Gasteiger partial charge in [0.15, 0.2) is 0 Å². The topological polar surface area (TPSA) is 36.0 Å². The average molecular weight is 207 g/mol. The second-order valence-electron chi connectivity index (χ2n) is 3.90. The van der Waals surface area contributed by atoms with Crippen LogP contribution in [0.2, 0.25) is 0 Å². The number of rotatable bonds is 6. The minimum atomic E-state index is 0.208. The van der Waals surface area contributed by atoms with Gasteiger partial charge < -0.3 is 9.84 Å². The van der Waals surface area contributed by atoms with E-state index in [0.29, 0.717) is 6.10 Å². The molecule has 1 atom stereocenters. The Kier molecular flexibility index (Phi) is 3.72. The first kappa shape index (κ1) is 10.6. The molecule has 1 saturated heterocycles. The standard InChI is InChI=1S/C12H17NO2/c14-7-6-13(9-12-10-15-12)8-11-4-2-1-3-5-11/h1-5,12,14H,6-10H2/t12-/m0/s1. The van der Waals surface area contributed by atoms with Gasteiger partial charge in [-0.2, -0.15) is 0 Å². The van der Waals surface area contributed by atoms with E-state index in [0.717, 1.165) is 26.2 Å². The molecule has 0 aromatic heterocycles. The van der Waals surface area contributed by atoms with E-state index in [2.05, 4.69) is 17.0 Å². The molecule has 1 heterocycles. The zero-order chi connectivity index (χ0) is 10.5. The molecule has 1 aromatic carbocycles. The number of epoxide rings is 1. The molecule has 3 heteroatoms. The van der Waals surface area contributed by atoms with Crippen LogP contribution in [0.5, 0.6) is 0 Å². The lowest BCUT2D eigenvalue weighted by Gasteiger charge is -2.20. The van der Waals surface area contributed by atoms with E-state index in [-0.39, 0.29) is 6.61 Å². The fourth-order valence-corrected chi connectivity index (χ4v) is 1.68. The SMILES string of the molecule is OCCN(Cc1ccccc1)C[C@H]1CO1. The Hall–Kier alpha value is -0.900. The summed E-state index contributed by atoms with van der Waals surface area (Å²) in [6, 6.07) is 10.3. The van der Waals surface area contributed by atoms with Crippen LogP contribution in [0.4, 0.5) is 0 Å². The lowest BCUT2D eigenvalue weighted by molar-refractivity contribution is 0.178. The lowest BCUT2D eigenvalue weighted by atomic mass is 10.2. The molecule has 15 heavy (non-hydrogen) atoms. The second kappa shape index (κ2) is 5.26. The molecule has 0 unspecified atom stereocenters. The van der Waals surface area contributed by atoms with Crippen LogP contribution >= 0.6 is 0 Å². The van der Waals surface area contributed by atoms with Gasteiger partial charge in [0.2, 0.25) is 0 Å². The minimum absolute atomic E-state index is 0.208. The van der Waals surface area contributed by atoms with Gasteiger partial charge in [-0.1, -0.05) is 30.3 Å². The van der Waals surface area contributed by atoms with Crippen LogP contribution in [0.15, 0.2) is 30.3 Å². The highest BCUT2D eigenvalue weighted by Gasteiger charge is 2.25. The van der Waals surface area contributed by atoms with Crippen molar-refractivity contribution in [2.75, 3.05) is 26.3 Å². The summed E-state index contributed by atoms with van der Waals surface area (Å²) in [5.41, 5.74) is 1.28. The van der Waals surface area contributed by atoms with Gasteiger partial charge in [0, 0.05) is 19.6 Å². The van der Waals surface area contributed by atoms with Crippen molar-refractivity contribution in [2.45, 2.75) is 12.6 Å². The summed E-state index contributed by atoms with van der Waals surface area (Å²) in [7, 11) is 0. The number of hydrogen-bond acceptors (Lipinski definition) is 3. The van der Waals surface area contributed by atoms with Gasteiger partial charge >= 0.3 is 0 Å². The molecule has 1 aliphatic heterocycles. The van der Waals surface area contributed by atoms with Gasteiger partial charge in [-0.15, -0.1) is 0 Å². The molecular weight excluding hydrogens is 190 g/mol. The smallest absolute Gasteiger partial charge is 0.0936 e. The molecule has 0 bridgehead atoms. The molecular formula is C12H17NO2. The molecule has 82 valence electrons. The number of hydrogen-bond donors (Lipinski definition) is 1. The zero-order valence-corrected chi connectivity index (χ0v) is 8.80. The molecule has 1 N–H and O–H groups in total. The maximum Gasteiger partial charge on any atom is 0.0936 e. The Labute approximate surface area is 90.3 Å². The Balaban J connectivity index is 1.87. The van der Waals surface area contributed by atoms with Crippen LogP contribution in [0, 0.1) is 0 Å². The summed E-state index contributed by atoms with van der Waals surface area (Å²) < 4.78 is 5.20. The van der Waals surface area contributed by atoms with Crippen LogP contribution in [0.3, 0.4) is 0 Å². The Morgan fingerprint density at radius 2 is 2.07 bits per heavy atom. The van der Waals surface area contributed by atoms with Gasteiger partial charge in [-0.3, -0.25) is 4.90 Å². The summed E-state index contributed by atoms with van der Waals surface area (Å²) in [5, 5.41) is 8.97. The molecule has 1 aliphatic rings. The van der Waals surface area contributed by atoms with Crippen molar-refractivity contribution in [1.82, 2.24) is 4.90 Å². The average Bonchev–Trinajstić information content (AvgIpc) is 3.03. The molecule has 0 saturated carbocycles. The summed E-state index contributed by atoms with van der Waals surface area (Å²) in [4.78, 5) is 2.23. The summed E-state index contributed by atoms with van der Waals surface area (Å²) in [6.45, 7) is 3.61. The first-order valence-corrected chi connectivity index (χ1v) is 5.37. The minimum Gasteiger partial charge on any atom is -0.395 e. The molecule has 0 aliphatic carbocycles. The van der Waals surface area contributed by atoms with Gasteiger partial charge in [0.25, 0.3) is 0 Å². The number of benzene rings is 1. The van der Waals surface area contributed by atoms with Crippen LogP contribution in [-0.4, -0.2) is 42.4 Å². The molecule has 0 amide bonds. The van der Waals surface area contributed by atoms with Gasteiger partial charge in [0.1, 0.15) is 0 Å². The molecule has 1 aromatic rings. The van der Waals surface area contributed by atoms with E-state index in [1.54, 1.807) is 0 Å². The Bertz CT molecular complexity index is 285. The third-order valence-electron chi connectivity index (χ3n) is 2.53. The van der Waals surface area contributed by atoms with E-state index in [9.17, 15) is 0 Å². The van der Waals surface area contributed by atoms with Crippen molar-refractivity contribution in [2.24, 2.45) is 0 Å². The second-order valence-corrected chi connectivity index (χ2v) is 3.90. The first-order valence-electron chi connectivity index (χ1n) is 5.37. The molecule has 3 nitrogen and oxygen atoms in total. The normalized spacial score (nSPS) is 19.5. The quantitative estimate of drug-likeness (QED) is 0.703. The lowest BCUT2D eigenvalue weighted by Crippen LogP contribution is -2.30. The van der Waals surface area contributed by atoms with Crippen molar-refractivity contribution in [3.8, 4) is 0 Å². The fourth-order valence-electron chi connectivity index (χ4n) is 1.68. The number of aliphatic hydroxyl groups excluding tert-OH is 1. The highest BCUT2D eigenvalue weighted by atomic mass is 16.6. The van der Waals surface area contributed by atoms with E-state index in [1.165, 1.54) is 5.56 Å². The number of nitrogens with zero attached hydrogens (tertiary/aromatic N) is 1. The van der Waals surface area contributed by atoms with Crippen LogP contribution in [0.25, 0.3) is 0 Å². The van der Waals surface area contributed by atoms with E-state index in [1.807, 2.05) is 18.2 Å². The third kappa shape index (κ3) is 3.63. The molecule has 2 rings (SSSR count). The van der Waals surface area contributed by atoms with Gasteiger partial charge in [-0.25, -0.2) is 0 Å². The highest BCUT2D eigenvalue weighted by Crippen LogP contribution is 2.13. The Morgan fingerprint density at radius 3 is 2.67 bits per heavy atom. The fraction of sp³-hybridized carbons (Fsp3) is 0.500. The van der Waals surface area contributed by atoms with Crippen molar-refractivity contribution in [3.05, 3.63) is 35.9 Å². The summed E-state index contributed by atoms with van der Waals surface area (Å²) in [6.07, 6.45) is 0.389. The van der Waals surface area contributed by atoms with E-state index >= 15 is 0 Å². The maximum atomic E-state index is 8.97. The Morgan fingerprint density at radius 1 is 1.33 bits per heavy atom. The van der Waals surface area contributed by atoms with Gasteiger partial charge in [0.05, 0.1) is 19.3 Å². The summed E-state index contributed by atoms with van der Waals surface area (Å²) >= 11 is 0. The van der Waals surface area contributed by atoms with Gasteiger partial charge in [-0.05, 0) is 5.56 Å². The highest BCUT2D eigenvalue weighted by molar-refractivity contribution is 5.14. The predicted octanol–water partition coefficient (Wildman–Crippen LogP) is 0.880. The molecule has 0 spiro atoms. The van der Waals surface area contributed by atoms with Crippen molar-refractivity contribution in [1.29, 1.82) is 0 Å². The largest absolute Gasteiger partial charge is 0.395 e. The van der Waals surface area contributed by atoms with Crippen molar-refractivity contribution >= 4 is 0 Å². The van der Waals surface area contributed by atoms with Crippen molar-refractivity contribution < 1.29 is 9.84 Å². The van der Waals surface area contributed by atoms with Crippen LogP contribution in [-0.2, 0) is 11.3 Å². The van der Waals surface area contributed by atoms with Crippen LogP contribution in [0.1, 0.15) is 5.56 Å². The predicted molar refractivity (Wildman–Crippen MR) is 58.5 cm³/mol. The summed E-state index contributed by atoms with van der Waals surface area (Å²) in [5.74, 6) is 0. The zero-order valence-electron chi connectivity index (χ0n) is 8.80. The van der Waals surface area contributed by atoms with E-state index < -0.39 is 0 Å². The number of ether oxygens (including phenoxy) is 1.